The van der Waals surface area contributed by atoms with Gasteiger partial charge in [-0.25, -0.2) is 12.7 Å². The number of rotatable bonds is 5. The van der Waals surface area contributed by atoms with Gasteiger partial charge in [0.1, 0.15) is 23.0 Å². The lowest BCUT2D eigenvalue weighted by molar-refractivity contribution is 0.244. The smallest absolute Gasteiger partial charge is 0.246 e. The van der Waals surface area contributed by atoms with Gasteiger partial charge in [-0.1, -0.05) is 6.42 Å². The lowest BCUT2D eigenvalue weighted by Gasteiger charge is -2.26. The number of aliphatic hydroxyl groups excluding tert-OH is 1. The highest BCUT2D eigenvalue weighted by molar-refractivity contribution is 7.89. The van der Waals surface area contributed by atoms with E-state index in [0.717, 1.165) is 12.3 Å². The van der Waals surface area contributed by atoms with Crippen molar-refractivity contribution in [1.29, 1.82) is 0 Å². The Balaban J connectivity index is 1.76. The summed E-state index contributed by atoms with van der Waals surface area (Å²) in [4.78, 5) is 0.178. The van der Waals surface area contributed by atoms with Crippen LogP contribution in [0, 0.1) is 24.7 Å². The summed E-state index contributed by atoms with van der Waals surface area (Å²) < 4.78 is 32.0. The Morgan fingerprint density at radius 2 is 2.14 bits per heavy atom. The van der Waals surface area contributed by atoms with Crippen LogP contribution >= 0.6 is 0 Å². The molecule has 1 aromatic heterocycles. The maximum Gasteiger partial charge on any atom is 0.246 e. The number of aryl methyl sites for hydroxylation is 1. The summed E-state index contributed by atoms with van der Waals surface area (Å²) in [5, 5.41) is 9.08. The van der Waals surface area contributed by atoms with Gasteiger partial charge in [-0.05, 0) is 43.9 Å². The third-order valence-electron chi connectivity index (χ3n) is 5.14. The van der Waals surface area contributed by atoms with Crippen LogP contribution < -0.4 is 0 Å². The Kier molecular flexibility index (Phi) is 3.88. The first-order valence-corrected chi connectivity index (χ1v) is 9.02. The fourth-order valence-electron chi connectivity index (χ4n) is 4.05. The molecule has 1 N–H and O–H groups in total. The zero-order valence-corrected chi connectivity index (χ0v) is 13.4. The quantitative estimate of drug-likeness (QED) is 0.904. The van der Waals surface area contributed by atoms with E-state index in [9.17, 15) is 8.42 Å². The van der Waals surface area contributed by atoms with Crippen LogP contribution in [0.4, 0.5) is 0 Å². The predicted octanol–water partition coefficient (Wildman–Crippen LogP) is 2.14. The number of sulfonamides is 1. The summed E-state index contributed by atoms with van der Waals surface area (Å²) in [6.07, 6.45) is 5.01. The molecule has 0 spiro atoms. The molecule has 118 valence electrons. The molecule has 3 unspecified atom stereocenters. The minimum absolute atomic E-state index is 0.178. The second-order valence-corrected chi connectivity index (χ2v) is 8.53. The monoisotopic (exact) mass is 313 g/mol. The van der Waals surface area contributed by atoms with Crippen LogP contribution in [0.1, 0.15) is 37.2 Å². The van der Waals surface area contributed by atoms with Crippen LogP contribution in [0.2, 0.25) is 0 Å². The van der Waals surface area contributed by atoms with Gasteiger partial charge >= 0.3 is 0 Å². The molecule has 1 heterocycles. The van der Waals surface area contributed by atoms with E-state index >= 15 is 0 Å². The van der Waals surface area contributed by atoms with E-state index in [0.29, 0.717) is 29.9 Å². The van der Waals surface area contributed by atoms with Gasteiger partial charge in [0, 0.05) is 19.7 Å². The molecule has 0 aliphatic heterocycles. The zero-order chi connectivity index (χ0) is 15.2. The van der Waals surface area contributed by atoms with E-state index in [1.54, 1.807) is 14.0 Å². The maximum absolute atomic E-state index is 12.7. The predicted molar refractivity (Wildman–Crippen MR) is 78.1 cm³/mol. The third kappa shape index (κ3) is 2.64. The number of hydrogen-bond acceptors (Lipinski definition) is 4. The van der Waals surface area contributed by atoms with Crippen molar-refractivity contribution in [2.75, 3.05) is 13.6 Å². The highest BCUT2D eigenvalue weighted by Gasteiger charge is 2.41. The topological polar surface area (TPSA) is 70.8 Å². The van der Waals surface area contributed by atoms with Gasteiger partial charge in [0.15, 0.2) is 0 Å². The van der Waals surface area contributed by atoms with Crippen molar-refractivity contribution in [3.05, 3.63) is 17.6 Å². The van der Waals surface area contributed by atoms with Crippen LogP contribution in [0.15, 0.2) is 15.4 Å². The van der Waals surface area contributed by atoms with Gasteiger partial charge in [-0.15, -0.1) is 0 Å². The molecule has 0 saturated heterocycles. The molecule has 0 aromatic carbocycles. The SMILES string of the molecule is Cc1oc(CO)cc1S(=O)(=O)N(C)CC1CC2CCC1C2. The number of fused-ring (bicyclic) bond motifs is 2. The Labute approximate surface area is 126 Å². The van der Waals surface area contributed by atoms with E-state index in [1.807, 2.05) is 0 Å². The van der Waals surface area contributed by atoms with E-state index in [4.69, 9.17) is 9.52 Å². The first kappa shape index (κ1) is 15.1. The molecule has 3 rings (SSSR count). The number of nitrogens with zero attached hydrogens (tertiary/aromatic N) is 1. The molecule has 3 atom stereocenters. The lowest BCUT2D eigenvalue weighted by atomic mass is 9.89. The number of furan rings is 1. The van der Waals surface area contributed by atoms with Crippen molar-refractivity contribution in [2.24, 2.45) is 17.8 Å². The van der Waals surface area contributed by atoms with Crippen LogP contribution in [-0.2, 0) is 16.6 Å². The molecule has 6 heteroatoms. The van der Waals surface area contributed by atoms with E-state index in [-0.39, 0.29) is 11.5 Å². The molecule has 2 bridgehead atoms. The highest BCUT2D eigenvalue weighted by atomic mass is 32.2. The average Bonchev–Trinajstić information content (AvgIpc) is 3.13. The van der Waals surface area contributed by atoms with Crippen molar-refractivity contribution in [1.82, 2.24) is 4.31 Å². The minimum Gasteiger partial charge on any atom is -0.462 e. The Morgan fingerprint density at radius 1 is 1.38 bits per heavy atom. The minimum atomic E-state index is -3.53. The molecule has 2 aliphatic carbocycles. The first-order chi connectivity index (χ1) is 9.91. The molecule has 0 radical (unpaired) electrons. The summed E-state index contributed by atoms with van der Waals surface area (Å²) in [5.74, 6) is 2.64. The fraction of sp³-hybridized carbons (Fsp3) is 0.733. The summed E-state index contributed by atoms with van der Waals surface area (Å²) in [6.45, 7) is 1.92. The summed E-state index contributed by atoms with van der Waals surface area (Å²) in [6, 6.07) is 1.43. The Hall–Kier alpha value is -0.850. The molecule has 5 nitrogen and oxygen atoms in total. The third-order valence-corrected chi connectivity index (χ3v) is 7.07. The molecule has 0 amide bonds. The van der Waals surface area contributed by atoms with Crippen LogP contribution in [0.5, 0.6) is 0 Å². The summed E-state index contributed by atoms with van der Waals surface area (Å²) in [7, 11) is -1.89. The molecule has 21 heavy (non-hydrogen) atoms. The molecule has 1 aromatic rings. The molecule has 2 saturated carbocycles. The van der Waals surface area contributed by atoms with E-state index in [1.165, 1.54) is 29.6 Å². The fourth-order valence-corrected chi connectivity index (χ4v) is 5.46. The van der Waals surface area contributed by atoms with Gasteiger partial charge < -0.3 is 9.52 Å². The molecular formula is C15H23NO4S. The van der Waals surface area contributed by atoms with Crippen molar-refractivity contribution in [3.8, 4) is 0 Å². The normalized spacial score (nSPS) is 28.7. The highest BCUT2D eigenvalue weighted by Crippen LogP contribution is 2.48. The summed E-state index contributed by atoms with van der Waals surface area (Å²) in [5.41, 5.74) is 0. The van der Waals surface area contributed by atoms with Crippen LogP contribution in [-0.4, -0.2) is 31.4 Å². The van der Waals surface area contributed by atoms with Crippen molar-refractivity contribution in [3.63, 3.8) is 0 Å². The van der Waals surface area contributed by atoms with E-state index < -0.39 is 10.0 Å². The van der Waals surface area contributed by atoms with Crippen LogP contribution in [0.25, 0.3) is 0 Å². The van der Waals surface area contributed by atoms with Gasteiger partial charge in [0.2, 0.25) is 10.0 Å². The molecular weight excluding hydrogens is 290 g/mol. The Morgan fingerprint density at radius 3 is 2.67 bits per heavy atom. The van der Waals surface area contributed by atoms with Gasteiger partial charge in [-0.3, -0.25) is 0 Å². The number of hydrogen-bond donors (Lipinski definition) is 1. The van der Waals surface area contributed by atoms with Crippen molar-refractivity contribution >= 4 is 10.0 Å². The summed E-state index contributed by atoms with van der Waals surface area (Å²) >= 11 is 0. The average molecular weight is 313 g/mol. The van der Waals surface area contributed by atoms with Gasteiger partial charge in [0.25, 0.3) is 0 Å². The Bertz CT molecular complexity index is 622. The molecule has 2 aliphatic rings. The second-order valence-electron chi connectivity index (χ2n) is 6.51. The molecule has 2 fully saturated rings. The van der Waals surface area contributed by atoms with Crippen molar-refractivity contribution in [2.45, 2.75) is 44.1 Å². The van der Waals surface area contributed by atoms with E-state index in [2.05, 4.69) is 0 Å². The van der Waals surface area contributed by atoms with Crippen molar-refractivity contribution < 1.29 is 17.9 Å². The van der Waals surface area contributed by atoms with Gasteiger partial charge in [-0.2, -0.15) is 0 Å². The first-order valence-electron chi connectivity index (χ1n) is 7.58. The standard InChI is InChI=1S/C15H23NO4S/c1-10-15(7-14(9-17)20-10)21(18,19)16(2)8-13-6-11-3-4-12(13)5-11/h7,11-13,17H,3-6,8-9H2,1-2H3. The largest absolute Gasteiger partial charge is 0.462 e. The second kappa shape index (κ2) is 5.41. The maximum atomic E-state index is 12.7. The van der Waals surface area contributed by atoms with Crippen LogP contribution in [0.3, 0.4) is 0 Å². The zero-order valence-electron chi connectivity index (χ0n) is 12.6. The lowest BCUT2D eigenvalue weighted by Crippen LogP contribution is -2.33. The number of aliphatic hydroxyl groups is 1. The van der Waals surface area contributed by atoms with Gasteiger partial charge in [0.05, 0.1) is 0 Å².